The van der Waals surface area contributed by atoms with Crippen molar-refractivity contribution >= 4 is 62.3 Å². The van der Waals surface area contributed by atoms with Crippen molar-refractivity contribution in [2.45, 2.75) is 6.92 Å². The highest BCUT2D eigenvalue weighted by atomic mass is 32.1. The lowest BCUT2D eigenvalue weighted by Crippen LogP contribution is -2.36. The van der Waals surface area contributed by atoms with Gasteiger partial charge >= 0.3 is 0 Å². The van der Waals surface area contributed by atoms with E-state index >= 15 is 0 Å². The number of morpholine rings is 1. The summed E-state index contributed by atoms with van der Waals surface area (Å²) in [7, 11) is 0. The van der Waals surface area contributed by atoms with Gasteiger partial charge in [-0.3, -0.25) is 14.6 Å². The highest BCUT2D eigenvalue weighted by molar-refractivity contribution is 7.10. The monoisotopic (exact) mass is 565 g/mol. The Bertz CT molecular complexity index is 1720. The number of aryl methyl sites for hydroxylation is 1. The maximum Gasteiger partial charge on any atom is 0.260 e. The van der Waals surface area contributed by atoms with Crippen LogP contribution < -0.4 is 20.9 Å². The third-order valence-corrected chi connectivity index (χ3v) is 7.52. The van der Waals surface area contributed by atoms with Gasteiger partial charge in [0.2, 0.25) is 0 Å². The first kappa shape index (κ1) is 26.4. The lowest BCUT2D eigenvalue weighted by atomic mass is 10.1. The molecule has 5 aromatic rings. The third kappa shape index (κ3) is 6.01. The number of nitrogens with zero attached hydrogens (tertiary/aromatic N) is 4. The number of amides is 2. The molecule has 1 aliphatic heterocycles. The van der Waals surface area contributed by atoms with Crippen LogP contribution in [0.2, 0.25) is 0 Å². The van der Waals surface area contributed by atoms with E-state index in [0.29, 0.717) is 52.2 Å². The molecule has 3 aromatic carbocycles. The third-order valence-electron chi connectivity index (χ3n) is 6.66. The fourth-order valence-corrected chi connectivity index (χ4v) is 5.37. The molecule has 1 saturated heterocycles. The van der Waals surface area contributed by atoms with Gasteiger partial charge in [0.25, 0.3) is 11.8 Å². The lowest BCUT2D eigenvalue weighted by molar-refractivity contribution is 0.101. The summed E-state index contributed by atoms with van der Waals surface area (Å²) in [6.45, 7) is 4.90. The van der Waals surface area contributed by atoms with E-state index in [1.54, 1.807) is 37.4 Å². The second-order valence-corrected chi connectivity index (χ2v) is 10.2. The molecule has 0 spiro atoms. The van der Waals surface area contributed by atoms with E-state index in [0.717, 1.165) is 29.8 Å². The van der Waals surface area contributed by atoms with Crippen molar-refractivity contribution in [2.75, 3.05) is 47.2 Å². The molecule has 41 heavy (non-hydrogen) atoms. The molecule has 3 N–H and O–H groups in total. The zero-order valence-corrected chi connectivity index (χ0v) is 23.1. The van der Waals surface area contributed by atoms with Crippen LogP contribution in [-0.4, -0.2) is 52.5 Å². The number of fused-ring (bicyclic) bond motifs is 1. The summed E-state index contributed by atoms with van der Waals surface area (Å²) in [4.78, 5) is 37.6. The molecular formula is C30H27N7O3S. The molecule has 6 rings (SSSR count). The van der Waals surface area contributed by atoms with Crippen molar-refractivity contribution < 1.29 is 14.3 Å². The summed E-state index contributed by atoms with van der Waals surface area (Å²) < 4.78 is 9.78. The van der Waals surface area contributed by atoms with Crippen LogP contribution >= 0.6 is 11.5 Å². The number of rotatable bonds is 7. The number of hydrogen-bond donors (Lipinski definition) is 3. The maximum absolute atomic E-state index is 13.3. The minimum Gasteiger partial charge on any atom is -0.378 e. The van der Waals surface area contributed by atoms with Crippen LogP contribution in [0.4, 0.5) is 27.9 Å². The minimum atomic E-state index is -0.344. The number of ether oxygens (including phenoxy) is 1. The number of para-hydroxylation sites is 2. The molecule has 0 atom stereocenters. The molecule has 2 aromatic heterocycles. The molecule has 206 valence electrons. The Morgan fingerprint density at radius 2 is 1.63 bits per heavy atom. The molecule has 1 fully saturated rings. The van der Waals surface area contributed by atoms with E-state index in [4.69, 9.17) is 4.74 Å². The van der Waals surface area contributed by atoms with Gasteiger partial charge in [-0.05, 0) is 73.1 Å². The van der Waals surface area contributed by atoms with Crippen molar-refractivity contribution in [1.82, 2.24) is 14.3 Å². The fraction of sp³-hybridized carbons (Fsp3) is 0.167. The Kier molecular flexibility index (Phi) is 7.52. The number of anilines is 5. The topological polar surface area (TPSA) is 121 Å². The Labute approximate surface area is 240 Å². The predicted octanol–water partition coefficient (Wildman–Crippen LogP) is 5.48. The molecule has 0 saturated carbocycles. The molecule has 3 heterocycles. The number of benzene rings is 3. The van der Waals surface area contributed by atoms with Crippen LogP contribution in [0, 0.1) is 6.92 Å². The zero-order valence-electron chi connectivity index (χ0n) is 22.3. The van der Waals surface area contributed by atoms with Gasteiger partial charge in [0.1, 0.15) is 10.8 Å². The summed E-state index contributed by atoms with van der Waals surface area (Å²) in [5.41, 5.74) is 5.21. The van der Waals surface area contributed by atoms with Gasteiger partial charge in [-0.2, -0.15) is 4.37 Å². The van der Waals surface area contributed by atoms with Gasteiger partial charge in [-0.15, -0.1) is 0 Å². The van der Waals surface area contributed by atoms with Crippen LogP contribution in [0.3, 0.4) is 0 Å². The van der Waals surface area contributed by atoms with Crippen molar-refractivity contribution in [3.05, 3.63) is 95.8 Å². The van der Waals surface area contributed by atoms with Crippen LogP contribution in [0.25, 0.3) is 11.0 Å². The summed E-state index contributed by atoms with van der Waals surface area (Å²) >= 11 is 1.17. The molecule has 2 amide bonds. The molecule has 11 heteroatoms. The average Bonchev–Trinajstić information content (AvgIpc) is 3.37. The van der Waals surface area contributed by atoms with Crippen molar-refractivity contribution in [2.24, 2.45) is 0 Å². The summed E-state index contributed by atoms with van der Waals surface area (Å²) in [6, 6.07) is 22.1. The van der Waals surface area contributed by atoms with Crippen LogP contribution in [0.15, 0.2) is 79.0 Å². The lowest BCUT2D eigenvalue weighted by Gasteiger charge is -2.28. The molecule has 0 unspecified atom stereocenters. The standard InChI is InChI=1S/C30H27N7O3S/c1-19-27(30(41-36-19)35-26-18-31-24-7-2-3-8-25(24)34-26)29(39)33-22-6-4-5-20(17-22)28(38)32-21-9-11-23(12-10-21)37-13-15-40-16-14-37/h2-12,17-18H,13-16H2,1H3,(H,32,38)(H,33,39)(H,34,35). The molecule has 10 nitrogen and oxygen atoms in total. The number of hydrogen-bond acceptors (Lipinski definition) is 9. The summed E-state index contributed by atoms with van der Waals surface area (Å²) in [5, 5.41) is 9.57. The van der Waals surface area contributed by atoms with E-state index in [-0.39, 0.29) is 11.8 Å². The second-order valence-electron chi connectivity index (χ2n) is 9.48. The minimum absolute atomic E-state index is 0.272. The zero-order chi connectivity index (χ0) is 28.2. The smallest absolute Gasteiger partial charge is 0.260 e. The van der Waals surface area contributed by atoms with Gasteiger partial charge in [0.05, 0.1) is 41.7 Å². The Morgan fingerprint density at radius 3 is 2.44 bits per heavy atom. The molecule has 0 bridgehead atoms. The Hall–Kier alpha value is -4.87. The summed E-state index contributed by atoms with van der Waals surface area (Å²) in [6.07, 6.45) is 1.62. The first-order valence-electron chi connectivity index (χ1n) is 13.1. The van der Waals surface area contributed by atoms with Gasteiger partial charge in [-0.25, -0.2) is 4.98 Å². The quantitative estimate of drug-likeness (QED) is 0.237. The number of nitrogens with one attached hydrogen (secondary N) is 3. The summed E-state index contributed by atoms with van der Waals surface area (Å²) in [5.74, 6) is -0.104. The highest BCUT2D eigenvalue weighted by Crippen LogP contribution is 2.29. The van der Waals surface area contributed by atoms with E-state index in [9.17, 15) is 9.59 Å². The van der Waals surface area contributed by atoms with Crippen molar-refractivity contribution in [1.29, 1.82) is 0 Å². The van der Waals surface area contributed by atoms with Crippen LogP contribution in [-0.2, 0) is 4.74 Å². The van der Waals surface area contributed by atoms with Gasteiger partial charge in [-0.1, -0.05) is 18.2 Å². The predicted molar refractivity (Wildman–Crippen MR) is 161 cm³/mol. The SMILES string of the molecule is Cc1nsc(Nc2cnc3ccccc3n2)c1C(=O)Nc1cccc(C(=O)Nc2ccc(N3CCOCC3)cc2)c1. The van der Waals surface area contributed by atoms with Crippen molar-refractivity contribution in [3.63, 3.8) is 0 Å². The number of aromatic nitrogens is 3. The highest BCUT2D eigenvalue weighted by Gasteiger charge is 2.20. The largest absolute Gasteiger partial charge is 0.378 e. The van der Waals surface area contributed by atoms with Gasteiger partial charge < -0.3 is 25.6 Å². The van der Waals surface area contributed by atoms with E-state index < -0.39 is 0 Å². The van der Waals surface area contributed by atoms with Gasteiger partial charge in [0.15, 0.2) is 0 Å². The average molecular weight is 566 g/mol. The van der Waals surface area contributed by atoms with Crippen molar-refractivity contribution in [3.8, 4) is 0 Å². The van der Waals surface area contributed by atoms with Crippen LogP contribution in [0.5, 0.6) is 0 Å². The molecule has 0 aliphatic carbocycles. The fourth-order valence-electron chi connectivity index (χ4n) is 4.57. The first-order chi connectivity index (χ1) is 20.0. The van der Waals surface area contributed by atoms with Gasteiger partial charge in [0, 0.05) is 35.7 Å². The second kappa shape index (κ2) is 11.7. The normalized spacial score (nSPS) is 13.1. The molecule has 1 aliphatic rings. The molecule has 0 radical (unpaired) electrons. The Balaban J connectivity index is 1.13. The van der Waals surface area contributed by atoms with Crippen LogP contribution in [0.1, 0.15) is 26.4 Å². The van der Waals surface area contributed by atoms with E-state index in [1.165, 1.54) is 11.5 Å². The van der Waals surface area contributed by atoms with E-state index in [2.05, 4.69) is 35.2 Å². The maximum atomic E-state index is 13.3. The van der Waals surface area contributed by atoms with E-state index in [1.807, 2.05) is 48.5 Å². The number of carbonyl (C=O) groups is 2. The number of carbonyl (C=O) groups excluding carboxylic acids is 2. The Morgan fingerprint density at radius 1 is 0.878 bits per heavy atom. The first-order valence-corrected chi connectivity index (χ1v) is 13.9. The molecular weight excluding hydrogens is 538 g/mol.